The summed E-state index contributed by atoms with van der Waals surface area (Å²) in [6.45, 7) is 21.8. The molecule has 2 unspecified atom stereocenters. The van der Waals surface area contributed by atoms with Gasteiger partial charge in [-0.15, -0.1) is 0 Å². The Morgan fingerprint density at radius 3 is 1.86 bits per heavy atom. The standard InChI is InChI=1S/C20H26.C4H10.2C2H6/c1-15-17-11-7-8-12-19(17)20(2,3)18(15)14-13-16-9-5-4-6-10-16;1-4(2)3;2*1-2/h4-6,9-10,13-14,17,19H,7-8,11-12H2,1-3H3;4H,1-3H3;2*1-2H3/b14-13+;;;. The van der Waals surface area contributed by atoms with Crippen LogP contribution in [0.4, 0.5) is 0 Å². The van der Waals surface area contributed by atoms with Gasteiger partial charge in [-0.25, -0.2) is 0 Å². The first-order chi connectivity index (χ1) is 13.3. The van der Waals surface area contributed by atoms with E-state index >= 15 is 0 Å². The number of benzene rings is 1. The first-order valence-corrected chi connectivity index (χ1v) is 11.8. The molecule has 0 heterocycles. The first kappa shape index (κ1) is 26.7. The Hall–Kier alpha value is -1.30. The fourth-order valence-electron chi connectivity index (χ4n) is 4.51. The molecule has 0 aliphatic heterocycles. The summed E-state index contributed by atoms with van der Waals surface area (Å²) < 4.78 is 0. The Morgan fingerprint density at radius 2 is 1.36 bits per heavy atom. The molecule has 2 atom stereocenters. The van der Waals surface area contributed by atoms with Gasteiger partial charge in [0.1, 0.15) is 0 Å². The SMILES string of the molecule is CC.CC.CC(C)C.CC1=C(/C=C/c2ccccc2)C(C)(C)C2CCCCC12. The van der Waals surface area contributed by atoms with Crippen molar-refractivity contribution in [3.63, 3.8) is 0 Å². The molecule has 1 aromatic carbocycles. The summed E-state index contributed by atoms with van der Waals surface area (Å²) in [5.74, 6) is 2.54. The van der Waals surface area contributed by atoms with Crippen LogP contribution in [0.15, 0.2) is 47.6 Å². The van der Waals surface area contributed by atoms with Gasteiger partial charge in [0.15, 0.2) is 0 Å². The van der Waals surface area contributed by atoms with Gasteiger partial charge in [0.05, 0.1) is 0 Å². The summed E-state index contributed by atoms with van der Waals surface area (Å²) >= 11 is 0. The van der Waals surface area contributed by atoms with E-state index in [0.717, 1.165) is 17.8 Å². The molecule has 0 nitrogen and oxygen atoms in total. The van der Waals surface area contributed by atoms with E-state index < -0.39 is 0 Å². The van der Waals surface area contributed by atoms with E-state index in [1.54, 1.807) is 11.1 Å². The zero-order valence-electron chi connectivity index (χ0n) is 20.6. The molecule has 0 bridgehead atoms. The predicted octanol–water partition coefficient (Wildman–Crippen LogP) is 9.58. The monoisotopic (exact) mass is 384 g/mol. The van der Waals surface area contributed by atoms with Gasteiger partial charge in [0.2, 0.25) is 0 Å². The summed E-state index contributed by atoms with van der Waals surface area (Å²) in [7, 11) is 0. The summed E-state index contributed by atoms with van der Waals surface area (Å²) in [5.41, 5.74) is 4.91. The van der Waals surface area contributed by atoms with E-state index in [9.17, 15) is 0 Å². The summed E-state index contributed by atoms with van der Waals surface area (Å²) in [6, 6.07) is 10.7. The molecular formula is C28H48. The molecule has 0 aromatic heterocycles. The number of hydrogen-bond donors (Lipinski definition) is 0. The van der Waals surface area contributed by atoms with Crippen LogP contribution in [0.3, 0.4) is 0 Å². The quantitative estimate of drug-likeness (QED) is 0.476. The van der Waals surface area contributed by atoms with E-state index in [2.05, 4.69) is 84.0 Å². The molecule has 28 heavy (non-hydrogen) atoms. The van der Waals surface area contributed by atoms with Crippen molar-refractivity contribution in [2.75, 3.05) is 0 Å². The molecule has 0 saturated heterocycles. The second-order valence-electron chi connectivity index (χ2n) is 8.79. The molecule has 0 amide bonds. The van der Waals surface area contributed by atoms with Gasteiger partial charge in [-0.1, -0.05) is 123 Å². The van der Waals surface area contributed by atoms with Gasteiger partial charge in [0, 0.05) is 0 Å². The topological polar surface area (TPSA) is 0 Å². The normalized spacial score (nSPS) is 22.4. The lowest BCUT2D eigenvalue weighted by Gasteiger charge is -2.36. The molecular weight excluding hydrogens is 336 g/mol. The molecule has 3 rings (SSSR count). The lowest BCUT2D eigenvalue weighted by atomic mass is 9.68. The summed E-state index contributed by atoms with van der Waals surface area (Å²) in [5, 5.41) is 0. The van der Waals surface area contributed by atoms with Gasteiger partial charge < -0.3 is 0 Å². The minimum atomic E-state index is 0.348. The van der Waals surface area contributed by atoms with E-state index in [1.807, 2.05) is 27.7 Å². The third-order valence-electron chi connectivity index (χ3n) is 5.61. The van der Waals surface area contributed by atoms with Crippen LogP contribution in [0.1, 0.15) is 100 Å². The van der Waals surface area contributed by atoms with Crippen LogP contribution in [0.25, 0.3) is 6.08 Å². The average molecular weight is 385 g/mol. The third-order valence-corrected chi connectivity index (χ3v) is 5.61. The van der Waals surface area contributed by atoms with Crippen LogP contribution >= 0.6 is 0 Å². The van der Waals surface area contributed by atoms with E-state index in [4.69, 9.17) is 0 Å². The van der Waals surface area contributed by atoms with Gasteiger partial charge in [-0.05, 0) is 54.1 Å². The van der Waals surface area contributed by atoms with Crippen molar-refractivity contribution in [3.8, 4) is 0 Å². The largest absolute Gasteiger partial charge is 0.0683 e. The number of fused-ring (bicyclic) bond motifs is 1. The Morgan fingerprint density at radius 1 is 0.857 bits per heavy atom. The van der Waals surface area contributed by atoms with Gasteiger partial charge in [-0.2, -0.15) is 0 Å². The Balaban J connectivity index is 0.000000797. The van der Waals surface area contributed by atoms with Crippen molar-refractivity contribution in [2.24, 2.45) is 23.2 Å². The van der Waals surface area contributed by atoms with Crippen molar-refractivity contribution in [1.82, 2.24) is 0 Å². The van der Waals surface area contributed by atoms with E-state index in [-0.39, 0.29) is 0 Å². The minimum absolute atomic E-state index is 0.348. The Kier molecular flexibility index (Phi) is 13.2. The van der Waals surface area contributed by atoms with Crippen LogP contribution in [-0.2, 0) is 0 Å². The fourth-order valence-corrected chi connectivity index (χ4v) is 4.51. The van der Waals surface area contributed by atoms with Crippen molar-refractivity contribution < 1.29 is 0 Å². The molecule has 2 aliphatic carbocycles. The maximum absolute atomic E-state index is 2.46. The Bertz CT molecular complexity index is 569. The van der Waals surface area contributed by atoms with Crippen molar-refractivity contribution in [2.45, 2.75) is 94.9 Å². The van der Waals surface area contributed by atoms with Crippen LogP contribution in [0, 0.1) is 23.2 Å². The molecule has 0 N–H and O–H groups in total. The van der Waals surface area contributed by atoms with Crippen LogP contribution in [-0.4, -0.2) is 0 Å². The van der Waals surface area contributed by atoms with Gasteiger partial charge >= 0.3 is 0 Å². The highest BCUT2D eigenvalue weighted by Crippen LogP contribution is 2.56. The molecule has 1 saturated carbocycles. The maximum atomic E-state index is 2.46. The molecule has 1 fully saturated rings. The molecule has 2 aliphatic rings. The Labute approximate surface area is 177 Å². The molecule has 1 aromatic rings. The van der Waals surface area contributed by atoms with Crippen molar-refractivity contribution in [1.29, 1.82) is 0 Å². The predicted molar refractivity (Wildman–Crippen MR) is 131 cm³/mol. The minimum Gasteiger partial charge on any atom is -0.0683 e. The average Bonchev–Trinajstić information content (AvgIpc) is 2.90. The number of rotatable bonds is 2. The summed E-state index contributed by atoms with van der Waals surface area (Å²) in [4.78, 5) is 0. The van der Waals surface area contributed by atoms with Crippen molar-refractivity contribution in [3.05, 3.63) is 53.1 Å². The maximum Gasteiger partial charge on any atom is -0.00700 e. The first-order valence-electron chi connectivity index (χ1n) is 11.8. The lowest BCUT2D eigenvalue weighted by molar-refractivity contribution is 0.176. The molecule has 0 radical (unpaired) electrons. The van der Waals surface area contributed by atoms with E-state index in [0.29, 0.717) is 5.41 Å². The van der Waals surface area contributed by atoms with Crippen molar-refractivity contribution >= 4 is 6.08 Å². The zero-order valence-corrected chi connectivity index (χ0v) is 20.6. The van der Waals surface area contributed by atoms with Crippen LogP contribution < -0.4 is 0 Å². The third kappa shape index (κ3) is 7.61. The smallest absolute Gasteiger partial charge is 0.00700 e. The zero-order chi connectivity index (χ0) is 21.7. The summed E-state index contributed by atoms with van der Waals surface area (Å²) in [6.07, 6.45) is 10.3. The molecule has 0 heteroatoms. The molecule has 0 spiro atoms. The highest BCUT2D eigenvalue weighted by molar-refractivity contribution is 5.55. The number of allylic oxidation sites excluding steroid dienone is 3. The fraction of sp³-hybridized carbons (Fsp3) is 0.643. The highest BCUT2D eigenvalue weighted by atomic mass is 14.5. The second-order valence-corrected chi connectivity index (χ2v) is 8.79. The highest BCUT2D eigenvalue weighted by Gasteiger charge is 2.45. The molecule has 160 valence electrons. The van der Waals surface area contributed by atoms with Gasteiger partial charge in [-0.3, -0.25) is 0 Å². The lowest BCUT2D eigenvalue weighted by Crippen LogP contribution is -2.27. The second kappa shape index (κ2) is 13.8. The number of hydrogen-bond acceptors (Lipinski definition) is 0. The van der Waals surface area contributed by atoms with Crippen LogP contribution in [0.2, 0.25) is 0 Å². The van der Waals surface area contributed by atoms with Crippen LogP contribution in [0.5, 0.6) is 0 Å². The van der Waals surface area contributed by atoms with E-state index in [1.165, 1.54) is 31.2 Å². The van der Waals surface area contributed by atoms with Gasteiger partial charge in [0.25, 0.3) is 0 Å².